The van der Waals surface area contributed by atoms with Gasteiger partial charge in [0.05, 0.1) is 29.8 Å². The summed E-state index contributed by atoms with van der Waals surface area (Å²) in [6, 6.07) is 3.85. The maximum Gasteiger partial charge on any atom is 0.0846 e. The van der Waals surface area contributed by atoms with Gasteiger partial charge in [-0.15, -0.1) is 0 Å². The molecule has 4 nitrogen and oxygen atoms in total. The van der Waals surface area contributed by atoms with Crippen LogP contribution in [0.5, 0.6) is 0 Å². The minimum Gasteiger partial charge on any atom is -0.396 e. The number of pyridine rings is 1. The van der Waals surface area contributed by atoms with Crippen LogP contribution in [0.15, 0.2) is 29.0 Å². The van der Waals surface area contributed by atoms with Crippen molar-refractivity contribution >= 4 is 21.6 Å². The minimum atomic E-state index is 0.629. The van der Waals surface area contributed by atoms with Gasteiger partial charge in [0.15, 0.2) is 0 Å². The summed E-state index contributed by atoms with van der Waals surface area (Å²) in [5.74, 6) is 0. The third kappa shape index (κ3) is 2.02. The Balaban J connectivity index is 2.30. The molecule has 2 heterocycles. The molecule has 0 aliphatic heterocycles. The Morgan fingerprint density at radius 1 is 1.53 bits per heavy atom. The van der Waals surface area contributed by atoms with E-state index in [-0.39, 0.29) is 0 Å². The first kappa shape index (κ1) is 10.2. The normalized spacial score (nSPS) is 10.5. The summed E-state index contributed by atoms with van der Waals surface area (Å²) in [6.07, 6.45) is 3.43. The first-order valence-electron chi connectivity index (χ1n) is 4.56. The predicted molar refractivity (Wildman–Crippen MR) is 62.4 cm³/mol. The average molecular weight is 267 g/mol. The topological polar surface area (TPSA) is 56.7 Å². The minimum absolute atomic E-state index is 0.629. The number of nitrogens with zero attached hydrogens (tertiary/aromatic N) is 3. The Hall–Kier alpha value is -1.36. The van der Waals surface area contributed by atoms with Gasteiger partial charge in [0.2, 0.25) is 0 Å². The Morgan fingerprint density at radius 3 is 2.93 bits per heavy atom. The molecule has 0 spiro atoms. The predicted octanol–water partition coefficient (Wildman–Crippen LogP) is 1.98. The fourth-order valence-corrected chi connectivity index (χ4v) is 1.68. The summed E-state index contributed by atoms with van der Waals surface area (Å²) >= 11 is 3.45. The van der Waals surface area contributed by atoms with Crippen LogP contribution in [0.25, 0.3) is 0 Å². The molecule has 0 saturated carbocycles. The van der Waals surface area contributed by atoms with Gasteiger partial charge in [0.25, 0.3) is 0 Å². The second-order valence-electron chi connectivity index (χ2n) is 3.27. The van der Waals surface area contributed by atoms with Crippen LogP contribution < -0.4 is 5.73 Å². The zero-order valence-corrected chi connectivity index (χ0v) is 9.90. The van der Waals surface area contributed by atoms with E-state index in [9.17, 15) is 0 Å². The molecule has 2 rings (SSSR count). The number of anilines is 1. The number of hydrogen-bond donors (Lipinski definition) is 1. The zero-order valence-electron chi connectivity index (χ0n) is 8.31. The summed E-state index contributed by atoms with van der Waals surface area (Å²) in [5.41, 5.74) is 8.34. The molecule has 5 heteroatoms. The molecule has 78 valence electrons. The van der Waals surface area contributed by atoms with Crippen molar-refractivity contribution < 1.29 is 0 Å². The molecule has 0 saturated heterocycles. The molecule has 15 heavy (non-hydrogen) atoms. The van der Waals surface area contributed by atoms with E-state index in [0.29, 0.717) is 12.2 Å². The van der Waals surface area contributed by atoms with E-state index in [0.717, 1.165) is 15.9 Å². The molecule has 0 aromatic carbocycles. The van der Waals surface area contributed by atoms with E-state index in [2.05, 4.69) is 26.0 Å². The van der Waals surface area contributed by atoms with Crippen molar-refractivity contribution in [3.63, 3.8) is 0 Å². The third-order valence-electron chi connectivity index (χ3n) is 2.28. The van der Waals surface area contributed by atoms with E-state index >= 15 is 0 Å². The molecule has 0 unspecified atom stereocenters. The van der Waals surface area contributed by atoms with Crippen molar-refractivity contribution in [3.8, 4) is 0 Å². The standard InChI is InChI=1S/C10H11BrN4/c1-7-9(12)5-14-15(7)6-10-8(11)3-2-4-13-10/h2-5H,6,12H2,1H3. The second kappa shape index (κ2) is 4.02. The van der Waals surface area contributed by atoms with E-state index in [1.54, 1.807) is 12.4 Å². The summed E-state index contributed by atoms with van der Waals surface area (Å²) < 4.78 is 2.82. The van der Waals surface area contributed by atoms with Crippen LogP contribution in [0.4, 0.5) is 5.69 Å². The van der Waals surface area contributed by atoms with E-state index in [4.69, 9.17) is 5.73 Å². The Kier molecular flexibility index (Phi) is 2.73. The van der Waals surface area contributed by atoms with Crippen LogP contribution in [0, 0.1) is 6.92 Å². The molecule has 2 N–H and O–H groups in total. The van der Waals surface area contributed by atoms with Gasteiger partial charge in [-0.25, -0.2) is 0 Å². The van der Waals surface area contributed by atoms with Crippen molar-refractivity contribution in [2.24, 2.45) is 0 Å². The number of nitrogens with two attached hydrogens (primary N) is 1. The Bertz CT molecular complexity index is 478. The van der Waals surface area contributed by atoms with Crippen LogP contribution in [0.1, 0.15) is 11.4 Å². The lowest BCUT2D eigenvalue weighted by Crippen LogP contribution is -2.06. The van der Waals surface area contributed by atoms with Crippen LogP contribution >= 0.6 is 15.9 Å². The number of rotatable bonds is 2. The highest BCUT2D eigenvalue weighted by atomic mass is 79.9. The van der Waals surface area contributed by atoms with Gasteiger partial charge >= 0.3 is 0 Å². The quantitative estimate of drug-likeness (QED) is 0.905. The number of aromatic nitrogens is 3. The van der Waals surface area contributed by atoms with E-state index in [1.165, 1.54) is 0 Å². The molecule has 0 fully saturated rings. The summed E-state index contributed by atoms with van der Waals surface area (Å²) in [7, 11) is 0. The van der Waals surface area contributed by atoms with Gasteiger partial charge in [0.1, 0.15) is 0 Å². The molecule has 0 amide bonds. The molecule has 0 aliphatic rings. The number of nitrogen functional groups attached to an aromatic ring is 1. The van der Waals surface area contributed by atoms with Crippen LogP contribution in [0.3, 0.4) is 0 Å². The smallest absolute Gasteiger partial charge is 0.0846 e. The fraction of sp³-hybridized carbons (Fsp3) is 0.200. The highest BCUT2D eigenvalue weighted by molar-refractivity contribution is 9.10. The lowest BCUT2D eigenvalue weighted by atomic mass is 10.3. The van der Waals surface area contributed by atoms with E-state index in [1.807, 2.05) is 23.7 Å². The van der Waals surface area contributed by atoms with Crippen molar-refractivity contribution in [1.82, 2.24) is 14.8 Å². The van der Waals surface area contributed by atoms with Gasteiger partial charge in [-0.1, -0.05) is 0 Å². The van der Waals surface area contributed by atoms with E-state index < -0.39 is 0 Å². The fourth-order valence-electron chi connectivity index (χ4n) is 1.30. The van der Waals surface area contributed by atoms with Crippen LogP contribution in [0.2, 0.25) is 0 Å². The maximum atomic E-state index is 5.72. The molecular formula is C10H11BrN4. The summed E-state index contributed by atoms with van der Waals surface area (Å²) in [6.45, 7) is 2.57. The van der Waals surface area contributed by atoms with Crippen molar-refractivity contribution in [2.45, 2.75) is 13.5 Å². The van der Waals surface area contributed by atoms with Crippen molar-refractivity contribution in [3.05, 3.63) is 40.4 Å². The Labute approximate surface area is 96.3 Å². The number of halogens is 1. The molecule has 0 atom stereocenters. The van der Waals surface area contributed by atoms with Gasteiger partial charge in [0, 0.05) is 10.7 Å². The molecule has 2 aromatic heterocycles. The SMILES string of the molecule is Cc1c(N)cnn1Cc1ncccc1Br. The average Bonchev–Trinajstić information content (AvgIpc) is 2.53. The van der Waals surface area contributed by atoms with Crippen LogP contribution in [-0.2, 0) is 6.54 Å². The van der Waals surface area contributed by atoms with Gasteiger partial charge in [-0.05, 0) is 35.0 Å². The molecule has 0 aliphatic carbocycles. The van der Waals surface area contributed by atoms with Gasteiger partial charge in [-0.3, -0.25) is 9.67 Å². The van der Waals surface area contributed by atoms with Crippen molar-refractivity contribution in [1.29, 1.82) is 0 Å². The highest BCUT2D eigenvalue weighted by Gasteiger charge is 2.06. The molecular weight excluding hydrogens is 256 g/mol. The Morgan fingerprint density at radius 2 is 2.33 bits per heavy atom. The monoisotopic (exact) mass is 266 g/mol. The maximum absolute atomic E-state index is 5.72. The highest BCUT2D eigenvalue weighted by Crippen LogP contribution is 2.16. The molecule has 0 bridgehead atoms. The summed E-state index contributed by atoms with van der Waals surface area (Å²) in [4.78, 5) is 4.28. The summed E-state index contributed by atoms with van der Waals surface area (Å²) in [5, 5.41) is 4.18. The first-order valence-corrected chi connectivity index (χ1v) is 5.35. The lowest BCUT2D eigenvalue weighted by molar-refractivity contribution is 0.651. The molecule has 0 radical (unpaired) electrons. The first-order chi connectivity index (χ1) is 7.18. The van der Waals surface area contributed by atoms with Crippen molar-refractivity contribution in [2.75, 3.05) is 5.73 Å². The van der Waals surface area contributed by atoms with Gasteiger partial charge < -0.3 is 5.73 Å². The molecule has 2 aromatic rings. The number of hydrogen-bond acceptors (Lipinski definition) is 3. The second-order valence-corrected chi connectivity index (χ2v) is 4.13. The van der Waals surface area contributed by atoms with Crippen LogP contribution in [-0.4, -0.2) is 14.8 Å². The third-order valence-corrected chi connectivity index (χ3v) is 3.00. The lowest BCUT2D eigenvalue weighted by Gasteiger charge is -2.05. The zero-order chi connectivity index (χ0) is 10.8. The largest absolute Gasteiger partial charge is 0.396 e. The van der Waals surface area contributed by atoms with Gasteiger partial charge in [-0.2, -0.15) is 5.10 Å².